The van der Waals surface area contributed by atoms with Crippen LogP contribution in [0.2, 0.25) is 0 Å². The third kappa shape index (κ3) is 4.45. The average Bonchev–Trinajstić information content (AvgIpc) is 3.33. The van der Waals surface area contributed by atoms with Gasteiger partial charge >= 0.3 is 0 Å². The summed E-state index contributed by atoms with van der Waals surface area (Å²) in [6.07, 6.45) is 1.12. The van der Waals surface area contributed by atoms with E-state index in [4.69, 9.17) is 0 Å². The molecule has 27 heavy (non-hydrogen) atoms. The molecule has 1 fully saturated rings. The molecule has 1 aliphatic heterocycles. The van der Waals surface area contributed by atoms with Crippen LogP contribution in [-0.2, 0) is 4.79 Å². The Hall–Kier alpha value is -2.05. The molecule has 1 aromatic heterocycles. The standard InChI is InChI=1S/C21H23N3OS2/c1-15(26-21-23-18-9-5-6-10-19(18)27-21)20(25)22-13-16-11-12-24(14-16)17-7-3-2-4-8-17/h2-10,15-16H,11-14H2,1H3,(H,22,25)/t15-,16+/m1/s1. The lowest BCUT2D eigenvalue weighted by Crippen LogP contribution is -2.35. The number of thiazole rings is 1. The van der Waals surface area contributed by atoms with Gasteiger partial charge in [0.2, 0.25) is 5.91 Å². The highest BCUT2D eigenvalue weighted by atomic mass is 32.2. The van der Waals surface area contributed by atoms with Gasteiger partial charge in [-0.25, -0.2) is 4.98 Å². The first-order valence-electron chi connectivity index (χ1n) is 9.29. The number of carbonyl (C=O) groups excluding carboxylic acids is 1. The number of fused-ring (bicyclic) bond motifs is 1. The van der Waals surface area contributed by atoms with Gasteiger partial charge in [-0.15, -0.1) is 11.3 Å². The minimum atomic E-state index is -0.141. The molecule has 1 amide bonds. The Kier molecular flexibility index (Phi) is 5.64. The second-order valence-electron chi connectivity index (χ2n) is 6.89. The Morgan fingerprint density at radius 2 is 2.04 bits per heavy atom. The summed E-state index contributed by atoms with van der Waals surface area (Å²) in [5.41, 5.74) is 2.27. The molecule has 2 aromatic carbocycles. The number of para-hydroxylation sites is 2. The highest BCUT2D eigenvalue weighted by Gasteiger charge is 2.24. The molecular weight excluding hydrogens is 374 g/mol. The van der Waals surface area contributed by atoms with Gasteiger partial charge in [-0.05, 0) is 43.5 Å². The van der Waals surface area contributed by atoms with Gasteiger partial charge in [-0.3, -0.25) is 4.79 Å². The molecule has 0 bridgehead atoms. The van der Waals surface area contributed by atoms with Gasteiger partial charge in [0.05, 0.1) is 15.5 Å². The summed E-state index contributed by atoms with van der Waals surface area (Å²) >= 11 is 3.19. The van der Waals surface area contributed by atoms with Crippen molar-refractivity contribution in [1.29, 1.82) is 0 Å². The van der Waals surface area contributed by atoms with Crippen LogP contribution in [0, 0.1) is 5.92 Å². The Bertz CT molecular complexity index is 879. The summed E-state index contributed by atoms with van der Waals surface area (Å²) in [6, 6.07) is 18.6. The fourth-order valence-electron chi connectivity index (χ4n) is 3.37. The van der Waals surface area contributed by atoms with Crippen molar-refractivity contribution >= 4 is 44.9 Å². The molecule has 0 saturated carbocycles. The van der Waals surface area contributed by atoms with Crippen molar-refractivity contribution in [3.8, 4) is 0 Å². The molecule has 3 aromatic rings. The summed E-state index contributed by atoms with van der Waals surface area (Å²) in [4.78, 5) is 19.5. The molecule has 0 spiro atoms. The SMILES string of the molecule is C[C@@H](Sc1nc2ccccc2s1)C(=O)NC[C@@H]1CCN(c2ccccc2)C1. The molecule has 1 saturated heterocycles. The number of nitrogens with one attached hydrogen (secondary N) is 1. The zero-order valence-corrected chi connectivity index (χ0v) is 16.9. The van der Waals surface area contributed by atoms with Crippen LogP contribution in [0.5, 0.6) is 0 Å². The van der Waals surface area contributed by atoms with Gasteiger partial charge in [0, 0.05) is 25.3 Å². The molecule has 0 aliphatic carbocycles. The lowest BCUT2D eigenvalue weighted by atomic mass is 10.1. The van der Waals surface area contributed by atoms with Crippen molar-refractivity contribution in [1.82, 2.24) is 10.3 Å². The fraction of sp³-hybridized carbons (Fsp3) is 0.333. The van der Waals surface area contributed by atoms with Crippen LogP contribution in [-0.4, -0.2) is 35.8 Å². The van der Waals surface area contributed by atoms with E-state index in [9.17, 15) is 4.79 Å². The number of benzene rings is 2. The predicted molar refractivity (Wildman–Crippen MR) is 115 cm³/mol. The summed E-state index contributed by atoms with van der Waals surface area (Å²) < 4.78 is 2.12. The summed E-state index contributed by atoms with van der Waals surface area (Å²) in [7, 11) is 0. The molecule has 0 radical (unpaired) electrons. The number of anilines is 1. The smallest absolute Gasteiger partial charge is 0.233 e. The third-order valence-corrected chi connectivity index (χ3v) is 7.12. The van der Waals surface area contributed by atoms with E-state index in [0.717, 1.165) is 35.9 Å². The molecule has 4 nitrogen and oxygen atoms in total. The molecule has 2 heterocycles. The molecule has 1 N–H and O–H groups in total. The van der Waals surface area contributed by atoms with E-state index in [1.165, 1.54) is 10.4 Å². The summed E-state index contributed by atoms with van der Waals surface area (Å²) in [6.45, 7) is 4.76. The number of hydrogen-bond acceptors (Lipinski definition) is 5. The van der Waals surface area contributed by atoms with Gasteiger partial charge < -0.3 is 10.2 Å². The Morgan fingerprint density at radius 1 is 1.26 bits per heavy atom. The van der Waals surface area contributed by atoms with Gasteiger partial charge in [-0.1, -0.05) is 42.1 Å². The van der Waals surface area contributed by atoms with E-state index in [1.54, 1.807) is 23.1 Å². The first-order chi connectivity index (χ1) is 13.2. The first-order valence-corrected chi connectivity index (χ1v) is 11.0. The van der Waals surface area contributed by atoms with Crippen LogP contribution in [0.25, 0.3) is 10.2 Å². The number of nitrogens with zero attached hydrogens (tertiary/aromatic N) is 2. The zero-order valence-electron chi connectivity index (χ0n) is 15.3. The molecule has 0 unspecified atom stereocenters. The Balaban J connectivity index is 1.26. The van der Waals surface area contributed by atoms with E-state index in [2.05, 4.69) is 45.5 Å². The number of hydrogen-bond donors (Lipinski definition) is 1. The van der Waals surface area contributed by atoms with Crippen molar-refractivity contribution in [2.45, 2.75) is 22.9 Å². The average molecular weight is 398 g/mol. The Morgan fingerprint density at radius 3 is 2.85 bits per heavy atom. The van der Waals surface area contributed by atoms with E-state index in [1.807, 2.05) is 31.2 Å². The largest absolute Gasteiger partial charge is 0.371 e. The lowest BCUT2D eigenvalue weighted by molar-refractivity contribution is -0.120. The maximum absolute atomic E-state index is 12.5. The fourth-order valence-corrected chi connectivity index (χ4v) is 5.60. The maximum Gasteiger partial charge on any atom is 0.233 e. The van der Waals surface area contributed by atoms with Crippen molar-refractivity contribution in [2.24, 2.45) is 5.92 Å². The minimum Gasteiger partial charge on any atom is -0.371 e. The minimum absolute atomic E-state index is 0.0948. The number of thioether (sulfide) groups is 1. The van der Waals surface area contributed by atoms with Crippen LogP contribution in [0.4, 0.5) is 5.69 Å². The molecular formula is C21H23N3OS2. The molecule has 140 valence electrons. The van der Waals surface area contributed by atoms with E-state index in [0.29, 0.717) is 5.92 Å². The van der Waals surface area contributed by atoms with Crippen molar-refractivity contribution in [3.05, 3.63) is 54.6 Å². The highest BCUT2D eigenvalue weighted by Crippen LogP contribution is 2.32. The summed E-state index contributed by atoms with van der Waals surface area (Å²) in [5.74, 6) is 0.603. The number of rotatable bonds is 6. The van der Waals surface area contributed by atoms with Gasteiger partial charge in [0.1, 0.15) is 0 Å². The van der Waals surface area contributed by atoms with Crippen LogP contribution in [0.3, 0.4) is 0 Å². The van der Waals surface area contributed by atoms with Gasteiger partial charge in [0.25, 0.3) is 0 Å². The van der Waals surface area contributed by atoms with Crippen LogP contribution in [0.1, 0.15) is 13.3 Å². The molecule has 2 atom stereocenters. The van der Waals surface area contributed by atoms with Crippen LogP contribution in [0.15, 0.2) is 58.9 Å². The second-order valence-corrected chi connectivity index (χ2v) is 9.51. The number of aromatic nitrogens is 1. The third-order valence-electron chi connectivity index (χ3n) is 4.89. The highest BCUT2D eigenvalue weighted by molar-refractivity contribution is 8.02. The van der Waals surface area contributed by atoms with E-state index < -0.39 is 0 Å². The number of carbonyl (C=O) groups is 1. The quantitative estimate of drug-likeness (QED) is 0.626. The van der Waals surface area contributed by atoms with Gasteiger partial charge in [0.15, 0.2) is 4.34 Å². The zero-order chi connectivity index (χ0) is 18.6. The van der Waals surface area contributed by atoms with Crippen molar-refractivity contribution in [3.63, 3.8) is 0 Å². The van der Waals surface area contributed by atoms with Gasteiger partial charge in [-0.2, -0.15) is 0 Å². The summed E-state index contributed by atoms with van der Waals surface area (Å²) in [5, 5.41) is 3.00. The normalized spacial score (nSPS) is 18.0. The van der Waals surface area contributed by atoms with Crippen LogP contribution >= 0.6 is 23.1 Å². The van der Waals surface area contributed by atoms with Crippen molar-refractivity contribution < 1.29 is 4.79 Å². The Labute approximate surface area is 168 Å². The molecule has 6 heteroatoms. The van der Waals surface area contributed by atoms with E-state index >= 15 is 0 Å². The lowest BCUT2D eigenvalue weighted by Gasteiger charge is -2.19. The van der Waals surface area contributed by atoms with Crippen molar-refractivity contribution in [2.75, 3.05) is 24.5 Å². The topological polar surface area (TPSA) is 45.2 Å². The first kappa shape index (κ1) is 18.3. The molecule has 4 rings (SSSR count). The monoisotopic (exact) mass is 397 g/mol. The maximum atomic E-state index is 12.5. The molecule has 1 aliphatic rings. The predicted octanol–water partition coefficient (Wildman–Crippen LogP) is 4.42. The second kappa shape index (κ2) is 8.31. The van der Waals surface area contributed by atoms with E-state index in [-0.39, 0.29) is 11.2 Å². The van der Waals surface area contributed by atoms with Crippen LogP contribution < -0.4 is 10.2 Å². The number of amides is 1.